The first-order valence-corrected chi connectivity index (χ1v) is 7.72. The topological polar surface area (TPSA) is 27.8 Å². The monoisotopic (exact) mass is 302 g/mol. The molecule has 0 bridgehead atoms. The molecule has 2 N–H and O–H groups in total. The Bertz CT molecular complexity index is 630. The Balaban J connectivity index is 1.82. The summed E-state index contributed by atoms with van der Waals surface area (Å²) in [6, 6.07) is 14.6. The van der Waals surface area contributed by atoms with Gasteiger partial charge in [-0.1, -0.05) is 29.8 Å². The second-order valence-electron chi connectivity index (χ2n) is 4.60. The lowest BCUT2D eigenvalue weighted by atomic mass is 10.1. The number of aromatic nitrogens is 1. The first-order valence-electron chi connectivity index (χ1n) is 6.47. The number of hydrogen-bond donors (Lipinski definition) is 2. The van der Waals surface area contributed by atoms with Gasteiger partial charge in [0.15, 0.2) is 0 Å². The van der Waals surface area contributed by atoms with Gasteiger partial charge in [-0.3, -0.25) is 0 Å². The number of nitrogens with one attached hydrogen (secondary N) is 2. The number of benzene rings is 1. The van der Waals surface area contributed by atoms with Gasteiger partial charge in [-0.15, -0.1) is 11.3 Å². The van der Waals surface area contributed by atoms with Crippen LogP contribution in [-0.4, -0.2) is 4.98 Å². The molecule has 1 atom stereocenters. The van der Waals surface area contributed by atoms with Crippen LogP contribution in [-0.2, 0) is 6.54 Å². The second kappa shape index (κ2) is 6.27. The fraction of sp³-hybridized carbons (Fsp3) is 0.125. The largest absolute Gasteiger partial charge is 0.367 e. The Morgan fingerprint density at radius 1 is 1.15 bits per heavy atom. The van der Waals surface area contributed by atoms with Crippen LogP contribution in [0.15, 0.2) is 60.2 Å². The molecule has 0 aliphatic carbocycles. The predicted octanol–water partition coefficient (Wildman–Crippen LogP) is 4.61. The van der Waals surface area contributed by atoms with Crippen LogP contribution in [0.1, 0.15) is 22.0 Å². The van der Waals surface area contributed by atoms with E-state index in [2.05, 4.69) is 46.0 Å². The van der Waals surface area contributed by atoms with Gasteiger partial charge in [-0.25, -0.2) is 0 Å². The highest BCUT2D eigenvalue weighted by atomic mass is 35.5. The van der Waals surface area contributed by atoms with E-state index in [1.165, 1.54) is 16.0 Å². The summed E-state index contributed by atoms with van der Waals surface area (Å²) in [6.07, 6.45) is 3.96. The van der Waals surface area contributed by atoms with Crippen LogP contribution in [0.3, 0.4) is 0 Å². The van der Waals surface area contributed by atoms with Crippen molar-refractivity contribution < 1.29 is 0 Å². The molecule has 2 heterocycles. The van der Waals surface area contributed by atoms with Gasteiger partial charge in [-0.2, -0.15) is 0 Å². The first kappa shape index (κ1) is 13.4. The van der Waals surface area contributed by atoms with Gasteiger partial charge in [0.25, 0.3) is 0 Å². The van der Waals surface area contributed by atoms with E-state index in [1.54, 1.807) is 11.3 Å². The summed E-state index contributed by atoms with van der Waals surface area (Å²) in [5.74, 6) is 0. The highest BCUT2D eigenvalue weighted by Gasteiger charge is 2.14. The molecule has 4 heteroatoms. The first-order chi connectivity index (χ1) is 9.83. The van der Waals surface area contributed by atoms with Crippen molar-refractivity contribution in [3.63, 3.8) is 0 Å². The molecule has 0 aliphatic rings. The van der Waals surface area contributed by atoms with Crippen molar-refractivity contribution in [3.05, 3.63) is 81.3 Å². The molecule has 1 aromatic carbocycles. The predicted molar refractivity (Wildman–Crippen MR) is 85.2 cm³/mol. The normalized spacial score (nSPS) is 12.4. The zero-order valence-corrected chi connectivity index (χ0v) is 12.4. The molecule has 3 rings (SSSR count). The Hall–Kier alpha value is -1.55. The van der Waals surface area contributed by atoms with Crippen molar-refractivity contribution in [2.45, 2.75) is 12.6 Å². The molecule has 0 amide bonds. The minimum Gasteiger partial charge on any atom is -0.367 e. The summed E-state index contributed by atoms with van der Waals surface area (Å²) in [7, 11) is 0. The zero-order chi connectivity index (χ0) is 13.8. The number of rotatable bonds is 5. The van der Waals surface area contributed by atoms with Crippen LogP contribution in [0.5, 0.6) is 0 Å². The SMILES string of the molecule is Clc1ccc(C(NCc2cc[nH]c2)c2cccs2)cc1. The van der Waals surface area contributed by atoms with E-state index in [1.807, 2.05) is 24.5 Å². The quantitative estimate of drug-likeness (QED) is 0.708. The molecule has 0 saturated carbocycles. The van der Waals surface area contributed by atoms with Crippen molar-refractivity contribution in [2.75, 3.05) is 0 Å². The Morgan fingerprint density at radius 2 is 2.00 bits per heavy atom. The Labute approximate surface area is 127 Å². The molecule has 0 fully saturated rings. The van der Waals surface area contributed by atoms with Crippen LogP contribution in [0.25, 0.3) is 0 Å². The van der Waals surface area contributed by atoms with Crippen LogP contribution in [0.4, 0.5) is 0 Å². The second-order valence-corrected chi connectivity index (χ2v) is 6.02. The van der Waals surface area contributed by atoms with Crippen molar-refractivity contribution >= 4 is 22.9 Å². The molecule has 1 unspecified atom stereocenters. The Kier molecular flexibility index (Phi) is 4.21. The van der Waals surface area contributed by atoms with Gasteiger partial charge >= 0.3 is 0 Å². The zero-order valence-electron chi connectivity index (χ0n) is 10.8. The molecule has 0 saturated heterocycles. The standard InChI is InChI=1S/C16H15ClN2S/c17-14-5-3-13(4-6-14)16(15-2-1-9-20-15)19-11-12-7-8-18-10-12/h1-10,16,18-19H,11H2. The number of thiophene rings is 1. The lowest BCUT2D eigenvalue weighted by Crippen LogP contribution is -2.20. The fourth-order valence-electron chi connectivity index (χ4n) is 2.18. The summed E-state index contributed by atoms with van der Waals surface area (Å²) >= 11 is 7.74. The molecule has 102 valence electrons. The summed E-state index contributed by atoms with van der Waals surface area (Å²) in [5.41, 5.74) is 2.48. The van der Waals surface area contributed by atoms with Crippen molar-refractivity contribution in [1.29, 1.82) is 0 Å². The highest BCUT2D eigenvalue weighted by molar-refractivity contribution is 7.10. The molecule has 3 aromatic rings. The average Bonchev–Trinajstić information content (AvgIpc) is 3.14. The van der Waals surface area contributed by atoms with Crippen LogP contribution in [0.2, 0.25) is 5.02 Å². The van der Waals surface area contributed by atoms with Gasteiger partial charge < -0.3 is 10.3 Å². The van der Waals surface area contributed by atoms with Crippen molar-refractivity contribution in [2.24, 2.45) is 0 Å². The molecule has 0 aliphatic heterocycles. The number of halogens is 1. The van der Waals surface area contributed by atoms with Gasteiger partial charge in [-0.05, 0) is 40.8 Å². The molecule has 0 radical (unpaired) electrons. The van der Waals surface area contributed by atoms with Crippen molar-refractivity contribution in [1.82, 2.24) is 10.3 Å². The lowest BCUT2D eigenvalue weighted by molar-refractivity contribution is 0.613. The number of aromatic amines is 1. The average molecular weight is 303 g/mol. The number of hydrogen-bond acceptors (Lipinski definition) is 2. The van der Waals surface area contributed by atoms with E-state index in [4.69, 9.17) is 11.6 Å². The maximum Gasteiger partial charge on any atom is 0.0673 e. The molecular formula is C16H15ClN2S. The van der Waals surface area contributed by atoms with E-state index in [9.17, 15) is 0 Å². The third-order valence-electron chi connectivity index (χ3n) is 3.20. The third kappa shape index (κ3) is 3.12. The summed E-state index contributed by atoms with van der Waals surface area (Å²) in [4.78, 5) is 4.39. The van der Waals surface area contributed by atoms with E-state index in [0.717, 1.165) is 11.6 Å². The fourth-order valence-corrected chi connectivity index (χ4v) is 3.13. The molecule has 20 heavy (non-hydrogen) atoms. The minimum absolute atomic E-state index is 0.196. The van der Waals surface area contributed by atoms with E-state index in [-0.39, 0.29) is 6.04 Å². The van der Waals surface area contributed by atoms with E-state index < -0.39 is 0 Å². The van der Waals surface area contributed by atoms with Gasteiger partial charge in [0.05, 0.1) is 6.04 Å². The number of H-pyrrole nitrogens is 1. The Morgan fingerprint density at radius 3 is 2.65 bits per heavy atom. The third-order valence-corrected chi connectivity index (χ3v) is 4.39. The van der Waals surface area contributed by atoms with Gasteiger partial charge in [0.1, 0.15) is 0 Å². The summed E-state index contributed by atoms with van der Waals surface area (Å²) in [5, 5.41) is 6.48. The van der Waals surface area contributed by atoms with Crippen LogP contribution >= 0.6 is 22.9 Å². The van der Waals surface area contributed by atoms with Gasteiger partial charge in [0, 0.05) is 28.8 Å². The molecule has 0 spiro atoms. The van der Waals surface area contributed by atoms with E-state index >= 15 is 0 Å². The highest BCUT2D eigenvalue weighted by Crippen LogP contribution is 2.27. The summed E-state index contributed by atoms with van der Waals surface area (Å²) < 4.78 is 0. The van der Waals surface area contributed by atoms with E-state index in [0.29, 0.717) is 0 Å². The minimum atomic E-state index is 0.196. The maximum atomic E-state index is 5.98. The van der Waals surface area contributed by atoms with Crippen molar-refractivity contribution in [3.8, 4) is 0 Å². The lowest BCUT2D eigenvalue weighted by Gasteiger charge is -2.18. The molecule has 2 nitrogen and oxygen atoms in total. The van der Waals surface area contributed by atoms with Gasteiger partial charge in [0.2, 0.25) is 0 Å². The maximum absolute atomic E-state index is 5.98. The smallest absolute Gasteiger partial charge is 0.0673 e. The molecule has 2 aromatic heterocycles. The van der Waals surface area contributed by atoms with Crippen LogP contribution < -0.4 is 5.32 Å². The summed E-state index contributed by atoms with van der Waals surface area (Å²) in [6.45, 7) is 0.828. The molecular weight excluding hydrogens is 288 g/mol. The van der Waals surface area contributed by atoms with Crippen LogP contribution in [0, 0.1) is 0 Å².